The monoisotopic (exact) mass is 374 g/mol. The molecule has 1 aromatic heterocycles. The van der Waals surface area contributed by atoms with Crippen LogP contribution in [0, 0.1) is 12.8 Å². The number of hydrogen-bond donors (Lipinski definition) is 0. The summed E-state index contributed by atoms with van der Waals surface area (Å²) in [6.07, 6.45) is 9.11. The SMILES string of the molecule is CCC(Cn1ccnc1C)C(=O)c1ccc(Br)c2c1CCCC2. The highest BCUT2D eigenvalue weighted by atomic mass is 79.9. The molecule has 1 unspecified atom stereocenters. The van der Waals surface area contributed by atoms with E-state index in [0.717, 1.165) is 35.1 Å². The first-order valence-corrected chi connectivity index (χ1v) is 9.23. The third kappa shape index (κ3) is 3.27. The molecule has 1 aliphatic rings. The van der Waals surface area contributed by atoms with E-state index in [1.807, 2.05) is 25.3 Å². The van der Waals surface area contributed by atoms with E-state index in [9.17, 15) is 4.79 Å². The molecule has 3 rings (SSSR count). The van der Waals surface area contributed by atoms with Crippen LogP contribution in [-0.2, 0) is 19.4 Å². The molecule has 0 spiro atoms. The zero-order valence-corrected chi connectivity index (χ0v) is 15.4. The van der Waals surface area contributed by atoms with Crippen molar-refractivity contribution in [3.63, 3.8) is 0 Å². The second-order valence-electron chi connectivity index (χ2n) is 6.36. The van der Waals surface area contributed by atoms with Gasteiger partial charge < -0.3 is 4.57 Å². The molecule has 23 heavy (non-hydrogen) atoms. The van der Waals surface area contributed by atoms with Crippen molar-refractivity contribution >= 4 is 21.7 Å². The van der Waals surface area contributed by atoms with Gasteiger partial charge in [0.1, 0.15) is 5.82 Å². The Morgan fingerprint density at radius 3 is 2.70 bits per heavy atom. The van der Waals surface area contributed by atoms with E-state index < -0.39 is 0 Å². The van der Waals surface area contributed by atoms with Crippen molar-refractivity contribution in [1.82, 2.24) is 9.55 Å². The molecular formula is C19H23BrN2O. The molecule has 0 amide bonds. The van der Waals surface area contributed by atoms with Crippen molar-refractivity contribution in [2.24, 2.45) is 5.92 Å². The zero-order valence-electron chi connectivity index (χ0n) is 13.8. The van der Waals surface area contributed by atoms with Gasteiger partial charge in [-0.15, -0.1) is 0 Å². The highest BCUT2D eigenvalue weighted by Crippen LogP contribution is 2.32. The average molecular weight is 375 g/mol. The van der Waals surface area contributed by atoms with E-state index in [2.05, 4.69) is 32.4 Å². The normalized spacial score (nSPS) is 15.3. The quantitative estimate of drug-likeness (QED) is 0.708. The third-order valence-corrected chi connectivity index (χ3v) is 5.69. The Labute approximate surface area is 146 Å². The van der Waals surface area contributed by atoms with Crippen molar-refractivity contribution in [3.8, 4) is 0 Å². The minimum absolute atomic E-state index is 0.00935. The van der Waals surface area contributed by atoms with E-state index in [-0.39, 0.29) is 11.7 Å². The van der Waals surface area contributed by atoms with Crippen molar-refractivity contribution in [1.29, 1.82) is 0 Å². The molecule has 0 saturated carbocycles. The number of nitrogens with zero attached hydrogens (tertiary/aromatic N) is 2. The highest BCUT2D eigenvalue weighted by Gasteiger charge is 2.25. The van der Waals surface area contributed by atoms with Gasteiger partial charge in [0.05, 0.1) is 0 Å². The number of imidazole rings is 1. The molecule has 0 aliphatic heterocycles. The van der Waals surface area contributed by atoms with E-state index in [1.54, 1.807) is 6.20 Å². The Morgan fingerprint density at radius 2 is 2.04 bits per heavy atom. The number of fused-ring (bicyclic) bond motifs is 1. The van der Waals surface area contributed by atoms with Gasteiger partial charge >= 0.3 is 0 Å². The summed E-state index contributed by atoms with van der Waals surface area (Å²) >= 11 is 3.65. The number of halogens is 1. The van der Waals surface area contributed by atoms with E-state index in [4.69, 9.17) is 0 Å². The Kier molecular flexibility index (Phi) is 5.00. The summed E-state index contributed by atoms with van der Waals surface area (Å²) in [5, 5.41) is 0. The standard InChI is InChI=1S/C19H23BrN2O/c1-3-14(12-22-11-10-21-13(22)2)19(23)17-8-9-18(20)16-7-5-4-6-15(16)17/h8-11,14H,3-7,12H2,1-2H3. The maximum atomic E-state index is 13.1. The molecule has 4 heteroatoms. The van der Waals surface area contributed by atoms with Gasteiger partial charge in [0, 0.05) is 34.9 Å². The number of hydrogen-bond acceptors (Lipinski definition) is 2. The summed E-state index contributed by atoms with van der Waals surface area (Å²) in [4.78, 5) is 17.4. The molecule has 0 bridgehead atoms. The number of aromatic nitrogens is 2. The molecule has 0 radical (unpaired) electrons. The summed E-state index contributed by atoms with van der Waals surface area (Å²) in [6.45, 7) is 4.80. The molecule has 0 fully saturated rings. The van der Waals surface area contributed by atoms with Crippen LogP contribution in [0.15, 0.2) is 29.0 Å². The topological polar surface area (TPSA) is 34.9 Å². The summed E-state index contributed by atoms with van der Waals surface area (Å²) in [6, 6.07) is 4.06. The van der Waals surface area contributed by atoms with Crippen molar-refractivity contribution in [2.75, 3.05) is 0 Å². The fourth-order valence-electron chi connectivity index (χ4n) is 3.51. The largest absolute Gasteiger partial charge is 0.334 e. The van der Waals surface area contributed by atoms with Crippen molar-refractivity contribution in [2.45, 2.75) is 52.5 Å². The van der Waals surface area contributed by atoms with E-state index >= 15 is 0 Å². The minimum Gasteiger partial charge on any atom is -0.334 e. The summed E-state index contributed by atoms with van der Waals surface area (Å²) < 4.78 is 3.24. The van der Waals surface area contributed by atoms with E-state index in [0.29, 0.717) is 6.54 Å². The lowest BCUT2D eigenvalue weighted by atomic mass is 9.84. The molecule has 3 nitrogen and oxygen atoms in total. The average Bonchev–Trinajstić information content (AvgIpc) is 2.97. The molecule has 0 N–H and O–H groups in total. The number of Topliss-reactive ketones (excluding diaryl/α,β-unsaturated/α-hetero) is 1. The third-order valence-electron chi connectivity index (χ3n) is 4.95. The van der Waals surface area contributed by atoms with Gasteiger partial charge in [0.25, 0.3) is 0 Å². The first kappa shape index (κ1) is 16.4. The first-order valence-electron chi connectivity index (χ1n) is 8.44. The number of benzene rings is 1. The fourth-order valence-corrected chi connectivity index (χ4v) is 4.08. The van der Waals surface area contributed by atoms with Crippen LogP contribution in [0.1, 0.15) is 53.5 Å². The van der Waals surface area contributed by atoms with Crippen LogP contribution in [0.3, 0.4) is 0 Å². The lowest BCUT2D eigenvalue weighted by Crippen LogP contribution is -2.23. The molecular weight excluding hydrogens is 352 g/mol. The van der Waals surface area contributed by atoms with Gasteiger partial charge in [-0.05, 0) is 62.3 Å². The molecule has 1 aliphatic carbocycles. The van der Waals surface area contributed by atoms with Gasteiger partial charge in [0.2, 0.25) is 0 Å². The van der Waals surface area contributed by atoms with E-state index in [1.165, 1.54) is 24.0 Å². The molecule has 2 aromatic rings. The number of aryl methyl sites for hydroxylation is 1. The molecule has 122 valence electrons. The number of carbonyl (C=O) groups is 1. The molecule has 1 aromatic carbocycles. The number of rotatable bonds is 5. The van der Waals surface area contributed by atoms with Gasteiger partial charge in [-0.1, -0.05) is 22.9 Å². The predicted molar refractivity (Wildman–Crippen MR) is 95.9 cm³/mol. The van der Waals surface area contributed by atoms with Crippen molar-refractivity contribution < 1.29 is 4.79 Å². The Hall–Kier alpha value is -1.42. The van der Waals surface area contributed by atoms with Crippen molar-refractivity contribution in [3.05, 3.63) is 51.5 Å². The number of carbonyl (C=O) groups excluding carboxylic acids is 1. The van der Waals surface area contributed by atoms with Crippen LogP contribution in [0.25, 0.3) is 0 Å². The van der Waals surface area contributed by atoms with Gasteiger partial charge in [-0.3, -0.25) is 4.79 Å². The molecule has 1 atom stereocenters. The highest BCUT2D eigenvalue weighted by molar-refractivity contribution is 9.10. The lowest BCUT2D eigenvalue weighted by Gasteiger charge is -2.23. The Bertz CT molecular complexity index is 720. The summed E-state index contributed by atoms with van der Waals surface area (Å²) in [5.41, 5.74) is 3.56. The Balaban J connectivity index is 1.91. The van der Waals surface area contributed by atoms with Gasteiger partial charge in [0.15, 0.2) is 5.78 Å². The van der Waals surface area contributed by atoms with Crippen LogP contribution >= 0.6 is 15.9 Å². The van der Waals surface area contributed by atoms with Crippen LogP contribution in [0.4, 0.5) is 0 Å². The van der Waals surface area contributed by atoms with Crippen LogP contribution < -0.4 is 0 Å². The molecule has 1 heterocycles. The maximum Gasteiger partial charge on any atom is 0.168 e. The smallest absolute Gasteiger partial charge is 0.168 e. The van der Waals surface area contributed by atoms with Gasteiger partial charge in [-0.25, -0.2) is 4.98 Å². The maximum absolute atomic E-state index is 13.1. The first-order chi connectivity index (χ1) is 11.1. The summed E-state index contributed by atoms with van der Waals surface area (Å²) in [5.74, 6) is 1.26. The van der Waals surface area contributed by atoms with Crippen LogP contribution in [0.2, 0.25) is 0 Å². The minimum atomic E-state index is 0.00935. The predicted octanol–water partition coefficient (Wildman–Crippen LogP) is 4.74. The van der Waals surface area contributed by atoms with Crippen LogP contribution in [0.5, 0.6) is 0 Å². The van der Waals surface area contributed by atoms with Crippen LogP contribution in [-0.4, -0.2) is 15.3 Å². The zero-order chi connectivity index (χ0) is 16.4. The number of ketones is 1. The fraction of sp³-hybridized carbons (Fsp3) is 0.474. The van der Waals surface area contributed by atoms with Gasteiger partial charge in [-0.2, -0.15) is 0 Å². The Morgan fingerprint density at radius 1 is 1.30 bits per heavy atom. The lowest BCUT2D eigenvalue weighted by molar-refractivity contribution is 0.0901. The molecule has 0 saturated heterocycles. The second kappa shape index (κ2) is 7.00. The second-order valence-corrected chi connectivity index (χ2v) is 7.21. The summed E-state index contributed by atoms with van der Waals surface area (Å²) in [7, 11) is 0.